The summed E-state index contributed by atoms with van der Waals surface area (Å²) in [5.74, 6) is 0.553. The molecule has 10 heteroatoms. The number of aryl methyl sites for hydroxylation is 1. The zero-order valence-corrected chi connectivity index (χ0v) is 21.9. The van der Waals surface area contributed by atoms with Gasteiger partial charge in [-0.15, -0.1) is 0 Å². The maximum absolute atomic E-state index is 7.45. The molecule has 0 spiro atoms. The van der Waals surface area contributed by atoms with Gasteiger partial charge >= 0.3 is 0 Å². The van der Waals surface area contributed by atoms with Crippen LogP contribution >= 0.6 is 0 Å². The van der Waals surface area contributed by atoms with Crippen molar-refractivity contribution in [2.75, 3.05) is 31.7 Å². The fraction of sp³-hybridized carbons (Fsp3) is 0.241. The van der Waals surface area contributed by atoms with Crippen LogP contribution < -0.4 is 5.43 Å². The fourth-order valence-electron chi connectivity index (χ4n) is 4.79. The molecular formula is C29H29N9O. The van der Waals surface area contributed by atoms with Gasteiger partial charge in [-0.1, -0.05) is 24.3 Å². The first-order valence-corrected chi connectivity index (χ1v) is 12.9. The summed E-state index contributed by atoms with van der Waals surface area (Å²) < 4.78 is 7.34. The molecule has 0 radical (unpaired) electrons. The summed E-state index contributed by atoms with van der Waals surface area (Å²) in [7, 11) is 0. The minimum atomic E-state index is 0.350. The monoisotopic (exact) mass is 519 g/mol. The molecule has 10 nitrogen and oxygen atoms in total. The molecule has 0 unspecified atom stereocenters. The Morgan fingerprint density at radius 1 is 1.08 bits per heavy atom. The lowest BCUT2D eigenvalue weighted by Crippen LogP contribution is -2.35. The highest BCUT2D eigenvalue weighted by atomic mass is 16.5. The van der Waals surface area contributed by atoms with Crippen molar-refractivity contribution in [3.05, 3.63) is 72.2 Å². The van der Waals surface area contributed by atoms with Crippen LogP contribution in [0.5, 0.6) is 0 Å². The number of rotatable bonds is 7. The molecule has 6 rings (SSSR count). The van der Waals surface area contributed by atoms with Gasteiger partial charge in [0.1, 0.15) is 5.82 Å². The summed E-state index contributed by atoms with van der Waals surface area (Å²) in [4.78, 5) is 16.1. The second kappa shape index (κ2) is 10.7. The van der Waals surface area contributed by atoms with Gasteiger partial charge in [0.2, 0.25) is 0 Å². The summed E-state index contributed by atoms with van der Waals surface area (Å²) in [6.07, 6.45) is 5.00. The summed E-state index contributed by atoms with van der Waals surface area (Å²) in [6, 6.07) is 16.6. The van der Waals surface area contributed by atoms with E-state index in [0.29, 0.717) is 17.2 Å². The third kappa shape index (κ3) is 5.25. The number of pyridine rings is 2. The van der Waals surface area contributed by atoms with Crippen molar-refractivity contribution in [1.29, 1.82) is 5.41 Å². The number of ether oxygens (including phenoxy) is 1. The SMILES string of the molecule is CC(=N)/C=N\Nc1ccc2c(-c3cnc4cc(-c5ccc(CN6CCOCC6)cc5)c(C)nn34)ccnc2n1. The molecule has 0 saturated carbocycles. The largest absolute Gasteiger partial charge is 0.379 e. The predicted molar refractivity (Wildman–Crippen MR) is 153 cm³/mol. The van der Waals surface area contributed by atoms with Gasteiger partial charge in [-0.25, -0.2) is 19.5 Å². The number of morpholine rings is 1. The Bertz CT molecular complexity index is 1690. The van der Waals surface area contributed by atoms with E-state index in [1.807, 2.05) is 35.8 Å². The van der Waals surface area contributed by atoms with Crippen LogP contribution in [0.3, 0.4) is 0 Å². The molecule has 0 atom stereocenters. The number of benzene rings is 1. The van der Waals surface area contributed by atoms with Crippen LogP contribution in [0.15, 0.2) is 66.0 Å². The number of aromatic nitrogens is 5. The number of nitrogens with one attached hydrogen (secondary N) is 2. The Hall–Kier alpha value is -4.54. The number of hydrazone groups is 1. The van der Waals surface area contributed by atoms with E-state index in [1.54, 1.807) is 13.1 Å². The van der Waals surface area contributed by atoms with E-state index in [9.17, 15) is 0 Å². The minimum Gasteiger partial charge on any atom is -0.379 e. The van der Waals surface area contributed by atoms with Crippen LogP contribution in [0.1, 0.15) is 18.2 Å². The molecule has 1 aromatic carbocycles. The summed E-state index contributed by atoms with van der Waals surface area (Å²) in [6.45, 7) is 8.19. The Labute approximate surface area is 225 Å². The van der Waals surface area contributed by atoms with Crippen molar-refractivity contribution in [2.45, 2.75) is 20.4 Å². The molecule has 0 amide bonds. The van der Waals surface area contributed by atoms with E-state index in [0.717, 1.165) is 72.0 Å². The molecule has 5 heterocycles. The fourth-order valence-corrected chi connectivity index (χ4v) is 4.79. The second-order valence-corrected chi connectivity index (χ2v) is 9.62. The van der Waals surface area contributed by atoms with Gasteiger partial charge in [0.25, 0.3) is 0 Å². The molecule has 0 bridgehead atoms. The smallest absolute Gasteiger partial charge is 0.162 e. The van der Waals surface area contributed by atoms with E-state index in [2.05, 4.69) is 60.7 Å². The van der Waals surface area contributed by atoms with Gasteiger partial charge in [-0.05, 0) is 49.2 Å². The number of imidazole rings is 1. The quantitative estimate of drug-likeness (QED) is 0.239. The molecular weight excluding hydrogens is 490 g/mol. The van der Waals surface area contributed by atoms with Gasteiger partial charge in [0.05, 0.1) is 37.0 Å². The maximum atomic E-state index is 7.45. The topological polar surface area (TPSA) is 117 Å². The van der Waals surface area contributed by atoms with E-state index in [-0.39, 0.29) is 0 Å². The highest BCUT2D eigenvalue weighted by Gasteiger charge is 2.15. The van der Waals surface area contributed by atoms with Gasteiger partial charge in [-0.3, -0.25) is 10.3 Å². The average Bonchev–Trinajstić information content (AvgIpc) is 3.35. The van der Waals surface area contributed by atoms with E-state index < -0.39 is 0 Å². The van der Waals surface area contributed by atoms with Crippen molar-refractivity contribution in [1.82, 2.24) is 29.5 Å². The molecule has 196 valence electrons. The first kappa shape index (κ1) is 24.8. The highest BCUT2D eigenvalue weighted by molar-refractivity contribution is 6.27. The molecule has 4 aromatic heterocycles. The Morgan fingerprint density at radius 3 is 2.69 bits per heavy atom. The summed E-state index contributed by atoms with van der Waals surface area (Å²) >= 11 is 0. The van der Waals surface area contributed by atoms with Crippen molar-refractivity contribution in [3.8, 4) is 22.4 Å². The maximum Gasteiger partial charge on any atom is 0.162 e. The van der Waals surface area contributed by atoms with Gasteiger partial charge in [-0.2, -0.15) is 10.2 Å². The minimum absolute atomic E-state index is 0.350. The molecule has 0 aliphatic carbocycles. The van der Waals surface area contributed by atoms with Crippen LogP contribution in [0.2, 0.25) is 0 Å². The number of anilines is 1. The first-order valence-electron chi connectivity index (χ1n) is 12.9. The van der Waals surface area contributed by atoms with Crippen molar-refractivity contribution in [3.63, 3.8) is 0 Å². The standard InChI is InChI=1S/C29H29N9O/c1-19(30)16-33-35-27-8-7-24-23(9-10-31-29(24)34-27)26-17-32-28-15-25(20(2)36-38(26)28)22-5-3-21(4-6-22)18-37-11-13-39-14-12-37/h3-10,15-17,30H,11-14,18H2,1-2H3,(H,31,34,35)/b30-19?,33-16-. The number of hydrogen-bond donors (Lipinski definition) is 2. The normalized spacial score (nSPS) is 14.4. The lowest BCUT2D eigenvalue weighted by atomic mass is 10.0. The van der Waals surface area contributed by atoms with Crippen molar-refractivity contribution in [2.24, 2.45) is 5.10 Å². The second-order valence-electron chi connectivity index (χ2n) is 9.62. The van der Waals surface area contributed by atoms with Crippen LogP contribution in [-0.4, -0.2) is 67.7 Å². The number of hydrogen-bond acceptors (Lipinski definition) is 9. The van der Waals surface area contributed by atoms with Gasteiger partial charge < -0.3 is 10.1 Å². The van der Waals surface area contributed by atoms with E-state index in [1.165, 1.54) is 11.8 Å². The number of nitrogens with zero attached hydrogens (tertiary/aromatic N) is 7. The lowest BCUT2D eigenvalue weighted by molar-refractivity contribution is 0.0342. The van der Waals surface area contributed by atoms with E-state index in [4.69, 9.17) is 15.2 Å². The Kier molecular flexibility index (Phi) is 6.78. The molecule has 1 fully saturated rings. The predicted octanol–water partition coefficient (Wildman–Crippen LogP) is 4.58. The Balaban J connectivity index is 1.29. The van der Waals surface area contributed by atoms with Crippen LogP contribution in [-0.2, 0) is 11.3 Å². The third-order valence-electron chi connectivity index (χ3n) is 6.77. The summed E-state index contributed by atoms with van der Waals surface area (Å²) in [5, 5.41) is 17.3. The molecule has 5 aromatic rings. The van der Waals surface area contributed by atoms with E-state index >= 15 is 0 Å². The van der Waals surface area contributed by atoms with Crippen LogP contribution in [0.4, 0.5) is 5.82 Å². The zero-order valence-electron chi connectivity index (χ0n) is 21.9. The van der Waals surface area contributed by atoms with Crippen molar-refractivity contribution >= 4 is 34.4 Å². The summed E-state index contributed by atoms with van der Waals surface area (Å²) in [5.41, 5.74) is 10.8. The molecule has 2 N–H and O–H groups in total. The highest BCUT2D eigenvalue weighted by Crippen LogP contribution is 2.30. The first-order chi connectivity index (χ1) is 19.0. The Morgan fingerprint density at radius 2 is 1.90 bits per heavy atom. The van der Waals surface area contributed by atoms with Crippen LogP contribution in [0, 0.1) is 12.3 Å². The average molecular weight is 520 g/mol. The molecule has 1 aliphatic heterocycles. The van der Waals surface area contributed by atoms with Gasteiger partial charge in [0, 0.05) is 48.1 Å². The molecule has 1 saturated heterocycles. The molecule has 1 aliphatic rings. The van der Waals surface area contributed by atoms with Gasteiger partial charge in [0.15, 0.2) is 11.3 Å². The lowest BCUT2D eigenvalue weighted by Gasteiger charge is -2.26. The third-order valence-corrected chi connectivity index (χ3v) is 6.77. The van der Waals surface area contributed by atoms with Crippen LogP contribution in [0.25, 0.3) is 39.1 Å². The van der Waals surface area contributed by atoms with Crippen molar-refractivity contribution < 1.29 is 4.74 Å². The molecule has 39 heavy (non-hydrogen) atoms. The number of fused-ring (bicyclic) bond motifs is 2. The zero-order chi connectivity index (χ0) is 26.8.